The maximum atomic E-state index is 13.0. The fourth-order valence-electron chi connectivity index (χ4n) is 3.11. The molecule has 1 aromatic carbocycles. The van der Waals surface area contributed by atoms with Gasteiger partial charge in [-0.15, -0.1) is 0 Å². The Morgan fingerprint density at radius 2 is 2.19 bits per heavy atom. The van der Waals surface area contributed by atoms with Crippen molar-refractivity contribution in [3.8, 4) is 11.5 Å². The molecule has 0 spiro atoms. The van der Waals surface area contributed by atoms with Crippen LogP contribution in [-0.4, -0.2) is 60.0 Å². The maximum absolute atomic E-state index is 13.0. The monoisotopic (exact) mass is 360 g/mol. The molecule has 8 nitrogen and oxygen atoms in total. The van der Waals surface area contributed by atoms with E-state index in [0.717, 1.165) is 29.8 Å². The molecular formula is C18H24N4O4. The number of hydrogen-bond acceptors (Lipinski definition) is 6. The molecule has 1 aliphatic rings. The average molecular weight is 360 g/mol. The third-order valence-electron chi connectivity index (χ3n) is 4.52. The van der Waals surface area contributed by atoms with Gasteiger partial charge in [-0.3, -0.25) is 9.89 Å². The van der Waals surface area contributed by atoms with E-state index in [1.54, 1.807) is 25.2 Å². The molecule has 140 valence electrons. The third-order valence-corrected chi connectivity index (χ3v) is 4.52. The molecule has 0 atom stereocenters. The van der Waals surface area contributed by atoms with Crippen molar-refractivity contribution < 1.29 is 19.4 Å². The summed E-state index contributed by atoms with van der Waals surface area (Å²) >= 11 is 0. The Morgan fingerprint density at radius 1 is 1.35 bits per heavy atom. The Labute approximate surface area is 152 Å². The zero-order valence-electron chi connectivity index (χ0n) is 15.0. The molecule has 0 radical (unpaired) electrons. The molecule has 0 aliphatic carbocycles. The lowest BCUT2D eigenvalue weighted by molar-refractivity contribution is 0.0699. The van der Waals surface area contributed by atoms with Crippen molar-refractivity contribution in [3.63, 3.8) is 0 Å². The SMILES string of the molecule is COc1ccc(CN(CCO)C(=O)c2n[nH]c3c2CNCC3)c(OC)c1. The number of aromatic nitrogens is 2. The van der Waals surface area contributed by atoms with Gasteiger partial charge in [-0.05, 0) is 12.1 Å². The first kappa shape index (κ1) is 18.2. The highest BCUT2D eigenvalue weighted by molar-refractivity contribution is 5.94. The predicted octanol–water partition coefficient (Wildman–Crippen LogP) is 0.707. The minimum Gasteiger partial charge on any atom is -0.497 e. The zero-order chi connectivity index (χ0) is 18.5. The quantitative estimate of drug-likeness (QED) is 0.672. The largest absolute Gasteiger partial charge is 0.497 e. The van der Waals surface area contributed by atoms with Crippen LogP contribution < -0.4 is 14.8 Å². The van der Waals surface area contributed by atoms with Gasteiger partial charge >= 0.3 is 0 Å². The summed E-state index contributed by atoms with van der Waals surface area (Å²) in [7, 11) is 3.16. The van der Waals surface area contributed by atoms with Gasteiger partial charge < -0.3 is 24.8 Å². The number of aromatic amines is 1. The smallest absolute Gasteiger partial charge is 0.275 e. The van der Waals surface area contributed by atoms with Crippen molar-refractivity contribution >= 4 is 5.91 Å². The van der Waals surface area contributed by atoms with Crippen molar-refractivity contribution in [2.24, 2.45) is 0 Å². The van der Waals surface area contributed by atoms with Crippen LogP contribution in [0.15, 0.2) is 18.2 Å². The molecule has 3 rings (SSSR count). The lowest BCUT2D eigenvalue weighted by atomic mass is 10.1. The summed E-state index contributed by atoms with van der Waals surface area (Å²) in [5.41, 5.74) is 3.15. The number of benzene rings is 1. The van der Waals surface area contributed by atoms with Crippen molar-refractivity contribution in [2.45, 2.75) is 19.5 Å². The first-order valence-electron chi connectivity index (χ1n) is 8.55. The summed E-state index contributed by atoms with van der Waals surface area (Å²) in [6, 6.07) is 5.45. The number of hydrogen-bond donors (Lipinski definition) is 3. The highest BCUT2D eigenvalue weighted by atomic mass is 16.5. The molecule has 2 aromatic rings. The normalized spacial score (nSPS) is 13.2. The summed E-state index contributed by atoms with van der Waals surface area (Å²) in [4.78, 5) is 14.6. The van der Waals surface area contributed by atoms with Crippen LogP contribution in [0.1, 0.15) is 27.3 Å². The molecule has 0 saturated carbocycles. The Morgan fingerprint density at radius 3 is 2.92 bits per heavy atom. The first-order valence-corrected chi connectivity index (χ1v) is 8.55. The van der Waals surface area contributed by atoms with Crippen LogP contribution in [0.2, 0.25) is 0 Å². The van der Waals surface area contributed by atoms with Crippen molar-refractivity contribution in [3.05, 3.63) is 40.7 Å². The number of carbonyl (C=O) groups is 1. The molecule has 2 heterocycles. The van der Waals surface area contributed by atoms with Gasteiger partial charge in [-0.1, -0.05) is 0 Å². The number of fused-ring (bicyclic) bond motifs is 1. The maximum Gasteiger partial charge on any atom is 0.275 e. The minimum absolute atomic E-state index is 0.130. The number of carbonyl (C=O) groups excluding carboxylic acids is 1. The highest BCUT2D eigenvalue weighted by Crippen LogP contribution is 2.26. The minimum atomic E-state index is -0.210. The zero-order valence-corrected chi connectivity index (χ0v) is 15.0. The lowest BCUT2D eigenvalue weighted by Crippen LogP contribution is -2.35. The molecule has 26 heavy (non-hydrogen) atoms. The molecule has 1 amide bonds. The van der Waals surface area contributed by atoms with Crippen molar-refractivity contribution in [1.82, 2.24) is 20.4 Å². The number of amides is 1. The molecule has 1 aliphatic heterocycles. The molecule has 8 heteroatoms. The van der Waals surface area contributed by atoms with Gasteiger partial charge in [0.1, 0.15) is 11.5 Å². The molecule has 0 bridgehead atoms. The van der Waals surface area contributed by atoms with E-state index in [1.807, 2.05) is 12.1 Å². The number of rotatable bonds is 7. The van der Waals surface area contributed by atoms with E-state index in [0.29, 0.717) is 30.3 Å². The molecule has 1 aromatic heterocycles. The van der Waals surface area contributed by atoms with Gasteiger partial charge in [-0.25, -0.2) is 0 Å². The van der Waals surface area contributed by atoms with Crippen molar-refractivity contribution in [2.75, 3.05) is 33.9 Å². The van der Waals surface area contributed by atoms with Gasteiger partial charge in [0, 0.05) is 55.5 Å². The number of H-pyrrole nitrogens is 1. The Kier molecular flexibility index (Phi) is 5.75. The van der Waals surface area contributed by atoms with E-state index in [4.69, 9.17) is 9.47 Å². The van der Waals surface area contributed by atoms with E-state index in [1.165, 1.54) is 0 Å². The summed E-state index contributed by atoms with van der Waals surface area (Å²) < 4.78 is 10.6. The topological polar surface area (TPSA) is 99.7 Å². The standard InChI is InChI=1S/C18H24N4O4/c1-25-13-4-3-12(16(9-13)26-2)11-22(7-8-23)18(24)17-14-10-19-6-5-15(14)20-21-17/h3-4,9,19,23H,5-8,10-11H2,1-2H3,(H,20,21). The Bertz CT molecular complexity index is 775. The van der Waals surface area contributed by atoms with E-state index in [2.05, 4.69) is 15.5 Å². The van der Waals surface area contributed by atoms with Gasteiger partial charge in [0.05, 0.1) is 20.8 Å². The summed E-state index contributed by atoms with van der Waals surface area (Å²) in [6.45, 7) is 1.87. The summed E-state index contributed by atoms with van der Waals surface area (Å²) in [5, 5.41) is 19.9. The average Bonchev–Trinajstić information content (AvgIpc) is 3.11. The van der Waals surface area contributed by atoms with Crippen LogP contribution in [0.25, 0.3) is 0 Å². The van der Waals surface area contributed by atoms with E-state index in [-0.39, 0.29) is 19.1 Å². The second-order valence-corrected chi connectivity index (χ2v) is 6.08. The Balaban J connectivity index is 1.85. The number of nitrogens with one attached hydrogen (secondary N) is 2. The van der Waals surface area contributed by atoms with E-state index < -0.39 is 0 Å². The summed E-state index contributed by atoms with van der Waals surface area (Å²) in [6.07, 6.45) is 0.821. The van der Waals surface area contributed by atoms with Crippen LogP contribution in [-0.2, 0) is 19.5 Å². The second kappa shape index (κ2) is 8.20. The Hall–Kier alpha value is -2.58. The molecule has 0 unspecified atom stereocenters. The van der Waals surface area contributed by atoms with Gasteiger partial charge in [0.15, 0.2) is 5.69 Å². The lowest BCUT2D eigenvalue weighted by Gasteiger charge is -2.23. The van der Waals surface area contributed by atoms with Gasteiger partial charge in [-0.2, -0.15) is 5.10 Å². The second-order valence-electron chi connectivity index (χ2n) is 6.08. The van der Waals surface area contributed by atoms with Crippen LogP contribution >= 0.6 is 0 Å². The van der Waals surface area contributed by atoms with Gasteiger partial charge in [0.25, 0.3) is 5.91 Å². The fraction of sp³-hybridized carbons (Fsp3) is 0.444. The molecular weight excluding hydrogens is 336 g/mol. The van der Waals surface area contributed by atoms with E-state index >= 15 is 0 Å². The van der Waals surface area contributed by atoms with Crippen molar-refractivity contribution in [1.29, 1.82) is 0 Å². The molecule has 0 fully saturated rings. The van der Waals surface area contributed by atoms with Crippen LogP contribution in [0.5, 0.6) is 11.5 Å². The molecule has 3 N–H and O–H groups in total. The number of nitrogens with zero attached hydrogens (tertiary/aromatic N) is 2. The summed E-state index contributed by atoms with van der Waals surface area (Å²) in [5.74, 6) is 1.10. The van der Waals surface area contributed by atoms with Crippen LogP contribution in [0.3, 0.4) is 0 Å². The molecule has 0 saturated heterocycles. The number of aliphatic hydroxyl groups is 1. The van der Waals surface area contributed by atoms with Crippen LogP contribution in [0, 0.1) is 0 Å². The van der Waals surface area contributed by atoms with E-state index in [9.17, 15) is 9.90 Å². The number of ether oxygens (including phenoxy) is 2. The fourth-order valence-corrected chi connectivity index (χ4v) is 3.11. The van der Waals surface area contributed by atoms with Crippen LogP contribution in [0.4, 0.5) is 0 Å². The number of methoxy groups -OCH3 is 2. The first-order chi connectivity index (χ1) is 12.7. The number of aliphatic hydroxyl groups excluding tert-OH is 1. The highest BCUT2D eigenvalue weighted by Gasteiger charge is 2.26. The predicted molar refractivity (Wildman–Crippen MR) is 95.4 cm³/mol. The third kappa shape index (κ3) is 3.66. The van der Waals surface area contributed by atoms with Gasteiger partial charge in [0.2, 0.25) is 0 Å².